The zero-order valence-electron chi connectivity index (χ0n) is 31.1. The average molecular weight is 719 g/mol. The van der Waals surface area contributed by atoms with Crippen molar-refractivity contribution in [2.75, 3.05) is 0 Å². The van der Waals surface area contributed by atoms with Crippen LogP contribution in [0, 0.1) is 0 Å². The summed E-state index contributed by atoms with van der Waals surface area (Å²) >= 11 is 0. The van der Waals surface area contributed by atoms with Crippen molar-refractivity contribution in [1.29, 1.82) is 0 Å². The molecule has 0 unspecified atom stereocenters. The third kappa shape index (κ3) is 4.07. The highest BCUT2D eigenvalue weighted by atomic mass is 14.5. The molecule has 2 aliphatic carbocycles. The first-order chi connectivity index (χ1) is 28.3. The molecule has 2 aliphatic rings. The van der Waals surface area contributed by atoms with Crippen LogP contribution in [0.2, 0.25) is 0 Å². The first-order valence-corrected chi connectivity index (χ1v) is 20.0. The number of rotatable bonds is 2. The van der Waals surface area contributed by atoms with Gasteiger partial charge in [-0.25, -0.2) is 0 Å². The van der Waals surface area contributed by atoms with Gasteiger partial charge in [0.25, 0.3) is 0 Å². The molecule has 1 spiro atoms. The van der Waals surface area contributed by atoms with Gasteiger partial charge >= 0.3 is 0 Å². The van der Waals surface area contributed by atoms with Crippen molar-refractivity contribution in [2.45, 2.75) is 5.41 Å². The Hall–Kier alpha value is -7.28. The molecule has 57 heavy (non-hydrogen) atoms. The predicted octanol–water partition coefficient (Wildman–Crippen LogP) is 15.1. The van der Waals surface area contributed by atoms with Crippen LogP contribution in [0.25, 0.3) is 98.4 Å². The van der Waals surface area contributed by atoms with Crippen LogP contribution in [0.4, 0.5) is 0 Å². The largest absolute Gasteiger partial charge is 0.0725 e. The van der Waals surface area contributed by atoms with E-state index in [0.29, 0.717) is 0 Å². The minimum Gasteiger partial charge on any atom is -0.0619 e. The average Bonchev–Trinajstić information content (AvgIpc) is 3.75. The highest BCUT2D eigenvalue weighted by molar-refractivity contribution is 6.20. The summed E-state index contributed by atoms with van der Waals surface area (Å²) in [6, 6.07) is 77.8. The highest BCUT2D eigenvalue weighted by Crippen LogP contribution is 2.64. The van der Waals surface area contributed by atoms with Gasteiger partial charge in [-0.2, -0.15) is 0 Å². The van der Waals surface area contributed by atoms with Gasteiger partial charge in [-0.15, -0.1) is 0 Å². The predicted molar refractivity (Wildman–Crippen MR) is 241 cm³/mol. The molecule has 0 aromatic heterocycles. The lowest BCUT2D eigenvalue weighted by molar-refractivity contribution is 0.795. The van der Waals surface area contributed by atoms with E-state index in [1.807, 2.05) is 0 Å². The van der Waals surface area contributed by atoms with Crippen LogP contribution >= 0.6 is 0 Å². The molecule has 0 saturated heterocycles. The first kappa shape index (κ1) is 31.0. The summed E-state index contributed by atoms with van der Waals surface area (Å²) in [4.78, 5) is 0. The van der Waals surface area contributed by atoms with E-state index in [4.69, 9.17) is 0 Å². The Morgan fingerprint density at radius 3 is 1.65 bits per heavy atom. The Bertz CT molecular complexity index is 3480. The summed E-state index contributed by atoms with van der Waals surface area (Å²) in [7, 11) is 0. The van der Waals surface area contributed by atoms with E-state index in [2.05, 4.69) is 206 Å². The van der Waals surface area contributed by atoms with Crippen molar-refractivity contribution in [3.05, 3.63) is 229 Å². The molecule has 0 aliphatic heterocycles. The molecule has 0 bridgehead atoms. The molecule has 0 heteroatoms. The van der Waals surface area contributed by atoms with Gasteiger partial charge < -0.3 is 0 Å². The van der Waals surface area contributed by atoms with E-state index in [1.165, 1.54) is 121 Å². The zero-order valence-corrected chi connectivity index (χ0v) is 31.1. The Labute approximate surface area is 330 Å². The Kier molecular flexibility index (Phi) is 6.19. The van der Waals surface area contributed by atoms with Crippen LogP contribution in [0.3, 0.4) is 0 Å². The maximum absolute atomic E-state index is 2.56. The summed E-state index contributed by atoms with van der Waals surface area (Å²) in [6.45, 7) is 0. The summed E-state index contributed by atoms with van der Waals surface area (Å²) in [5, 5.41) is 12.8. The van der Waals surface area contributed by atoms with Gasteiger partial charge in [-0.3, -0.25) is 0 Å². The molecule has 0 fully saturated rings. The van der Waals surface area contributed by atoms with Gasteiger partial charge in [0.05, 0.1) is 5.41 Å². The lowest BCUT2D eigenvalue weighted by Gasteiger charge is -2.31. The van der Waals surface area contributed by atoms with Gasteiger partial charge in [-0.05, 0) is 139 Å². The molecule has 0 saturated carbocycles. The highest BCUT2D eigenvalue weighted by Gasteiger charge is 2.52. The van der Waals surface area contributed by atoms with E-state index < -0.39 is 5.41 Å². The molecular formula is C57H34. The minimum atomic E-state index is -0.464. The maximum atomic E-state index is 2.56. The van der Waals surface area contributed by atoms with Crippen LogP contribution in [-0.4, -0.2) is 0 Å². The monoisotopic (exact) mass is 718 g/mol. The quantitative estimate of drug-likeness (QED) is 0.123. The molecular weight excluding hydrogens is 685 g/mol. The van der Waals surface area contributed by atoms with E-state index in [1.54, 1.807) is 0 Å². The van der Waals surface area contributed by atoms with E-state index in [9.17, 15) is 0 Å². The van der Waals surface area contributed by atoms with Crippen molar-refractivity contribution in [1.82, 2.24) is 0 Å². The Balaban J connectivity index is 1.15. The fourth-order valence-electron chi connectivity index (χ4n) is 10.9. The second-order valence-corrected chi connectivity index (χ2v) is 15.9. The summed E-state index contributed by atoms with van der Waals surface area (Å²) in [5.41, 5.74) is 15.4. The van der Waals surface area contributed by atoms with Crippen LogP contribution < -0.4 is 0 Å². The first-order valence-electron chi connectivity index (χ1n) is 20.0. The fourth-order valence-corrected chi connectivity index (χ4v) is 10.9. The number of benzene rings is 11. The van der Waals surface area contributed by atoms with Crippen molar-refractivity contribution >= 4 is 53.9 Å². The maximum Gasteiger partial charge on any atom is 0.0725 e. The van der Waals surface area contributed by atoms with E-state index >= 15 is 0 Å². The Morgan fingerprint density at radius 2 is 0.825 bits per heavy atom. The lowest BCUT2D eigenvalue weighted by Crippen LogP contribution is -2.25. The second kappa shape index (κ2) is 11.4. The molecule has 11 aromatic rings. The zero-order chi connectivity index (χ0) is 37.2. The van der Waals surface area contributed by atoms with E-state index in [0.717, 1.165) is 0 Å². The van der Waals surface area contributed by atoms with Crippen molar-refractivity contribution in [3.8, 4) is 44.5 Å². The SMILES string of the molecule is c1ccc2c(c1)-c1ccccc1C21c2cc(-c3c4ccccc4cc4c3ccc3ccccc34)ccc2-c2c1ccc1c(-c3ccc4ccccc4c3)cccc21. The Morgan fingerprint density at radius 1 is 0.228 bits per heavy atom. The molecule has 0 N–H and O–H groups in total. The van der Waals surface area contributed by atoms with Gasteiger partial charge in [0.1, 0.15) is 0 Å². The van der Waals surface area contributed by atoms with Crippen molar-refractivity contribution in [3.63, 3.8) is 0 Å². The normalized spacial score (nSPS) is 13.4. The van der Waals surface area contributed by atoms with Gasteiger partial charge in [0, 0.05) is 0 Å². The van der Waals surface area contributed by atoms with Gasteiger partial charge in [-0.1, -0.05) is 188 Å². The minimum absolute atomic E-state index is 0.464. The fraction of sp³-hybridized carbons (Fsp3) is 0.0175. The van der Waals surface area contributed by atoms with Crippen LogP contribution in [0.5, 0.6) is 0 Å². The summed E-state index contributed by atoms with van der Waals surface area (Å²) in [6.07, 6.45) is 0. The molecule has 0 radical (unpaired) electrons. The van der Waals surface area contributed by atoms with Crippen molar-refractivity contribution in [2.24, 2.45) is 0 Å². The third-order valence-electron chi connectivity index (χ3n) is 13.2. The molecule has 0 nitrogen and oxygen atoms in total. The number of hydrogen-bond donors (Lipinski definition) is 0. The van der Waals surface area contributed by atoms with Crippen LogP contribution in [0.15, 0.2) is 206 Å². The molecule has 0 heterocycles. The summed E-state index contributed by atoms with van der Waals surface area (Å²) in [5.74, 6) is 0. The van der Waals surface area contributed by atoms with Gasteiger partial charge in [0.2, 0.25) is 0 Å². The summed E-state index contributed by atoms with van der Waals surface area (Å²) < 4.78 is 0. The smallest absolute Gasteiger partial charge is 0.0619 e. The molecule has 13 rings (SSSR count). The second-order valence-electron chi connectivity index (χ2n) is 15.9. The van der Waals surface area contributed by atoms with Crippen LogP contribution in [0.1, 0.15) is 22.3 Å². The van der Waals surface area contributed by atoms with Crippen LogP contribution in [-0.2, 0) is 5.41 Å². The molecule has 11 aromatic carbocycles. The van der Waals surface area contributed by atoms with E-state index in [-0.39, 0.29) is 0 Å². The number of fused-ring (bicyclic) bond motifs is 17. The lowest BCUT2D eigenvalue weighted by atomic mass is 9.70. The van der Waals surface area contributed by atoms with Gasteiger partial charge in [0.15, 0.2) is 0 Å². The topological polar surface area (TPSA) is 0 Å². The molecule has 0 atom stereocenters. The molecule has 262 valence electrons. The standard InChI is InChI=1S/C57H34/c1-2-14-37-32-39(25-24-35(37)12-1)42-20-11-21-47-44(42)30-31-53-56(47)49-29-27-40(34-54(49)57(53)51-22-9-7-18-45(51)46-19-8-10-23-52(46)57)55-43-17-6-4-15-38(43)33-50-41-16-5-3-13-36(41)26-28-48(50)55/h1-34H. The number of hydrogen-bond acceptors (Lipinski definition) is 0. The van der Waals surface area contributed by atoms with Crippen molar-refractivity contribution < 1.29 is 0 Å². The molecule has 0 amide bonds. The third-order valence-corrected chi connectivity index (χ3v) is 13.2.